The summed E-state index contributed by atoms with van der Waals surface area (Å²) in [6.07, 6.45) is -2.19. The first-order chi connectivity index (χ1) is 19.0. The predicted octanol–water partition coefficient (Wildman–Crippen LogP) is 3.40. The molecule has 0 aliphatic carbocycles. The molecule has 0 saturated carbocycles. The van der Waals surface area contributed by atoms with E-state index < -0.39 is 30.7 Å². The van der Waals surface area contributed by atoms with E-state index in [-0.39, 0.29) is 29.5 Å². The van der Waals surface area contributed by atoms with E-state index in [0.717, 1.165) is 19.3 Å². The number of rotatable bonds is 7. The third kappa shape index (κ3) is 6.93. The number of hydrogen-bond acceptors (Lipinski definition) is 7. The van der Waals surface area contributed by atoms with E-state index in [1.807, 2.05) is 0 Å². The molecular weight excluding hydrogens is 553 g/mol. The molecule has 2 aromatic heterocycles. The van der Waals surface area contributed by atoms with E-state index in [4.69, 9.17) is 17.0 Å². The lowest BCUT2D eigenvalue weighted by Crippen LogP contribution is -2.50. The van der Waals surface area contributed by atoms with Gasteiger partial charge in [0.15, 0.2) is 17.6 Å². The number of piperidine rings is 1. The molecule has 1 aromatic carbocycles. The van der Waals surface area contributed by atoms with Gasteiger partial charge in [-0.05, 0) is 55.7 Å². The number of aromatic nitrogens is 4. The number of likely N-dealkylation sites (tertiary alicyclic amines) is 1. The van der Waals surface area contributed by atoms with Crippen LogP contribution in [0.15, 0.2) is 48.9 Å². The van der Waals surface area contributed by atoms with Crippen LogP contribution in [0.1, 0.15) is 41.1 Å². The number of amidine groups is 1. The third-order valence-corrected chi connectivity index (χ3v) is 6.43. The summed E-state index contributed by atoms with van der Waals surface area (Å²) in [6.45, 7) is -0.258. The highest BCUT2D eigenvalue weighted by molar-refractivity contribution is 6.30. The number of aliphatic hydroxyl groups excluding tert-OH is 1. The second-order valence-electron chi connectivity index (χ2n) is 9.01. The number of amides is 3. The molecule has 1 fully saturated rings. The Balaban J connectivity index is 1.49. The van der Waals surface area contributed by atoms with Crippen LogP contribution in [-0.2, 0) is 6.54 Å². The van der Waals surface area contributed by atoms with Gasteiger partial charge in [0, 0.05) is 29.9 Å². The number of nitrogens with zero attached hydrogens (tertiary/aromatic N) is 6. The van der Waals surface area contributed by atoms with Gasteiger partial charge in [-0.25, -0.2) is 19.4 Å². The smallest absolute Gasteiger partial charge is 0.382 e. The van der Waals surface area contributed by atoms with Gasteiger partial charge in [-0.1, -0.05) is 11.6 Å². The Labute approximate surface area is 232 Å². The number of halogens is 4. The van der Waals surface area contributed by atoms with Crippen molar-refractivity contribution in [2.24, 2.45) is 0 Å². The summed E-state index contributed by atoms with van der Waals surface area (Å²) >= 11 is 5.84. The normalized spacial score (nSPS) is 14.5. The minimum atomic E-state index is -5.01. The Morgan fingerprint density at radius 1 is 1.12 bits per heavy atom. The first-order valence-electron chi connectivity index (χ1n) is 12.3. The van der Waals surface area contributed by atoms with Crippen LogP contribution >= 0.6 is 11.6 Å². The molecule has 3 aromatic rings. The molecule has 1 saturated heterocycles. The largest absolute Gasteiger partial charge is 0.416 e. The fourth-order valence-corrected chi connectivity index (χ4v) is 4.18. The van der Waals surface area contributed by atoms with E-state index in [9.17, 15) is 27.9 Å². The molecule has 3 N–H and O–H groups in total. The lowest BCUT2D eigenvalue weighted by molar-refractivity contribution is -0.204. The summed E-state index contributed by atoms with van der Waals surface area (Å²) < 4.78 is 40.5. The van der Waals surface area contributed by atoms with E-state index in [0.29, 0.717) is 28.7 Å². The van der Waals surface area contributed by atoms with Crippen LogP contribution < -0.4 is 5.32 Å². The maximum absolute atomic E-state index is 13.1. The molecule has 1 atom stereocenters. The molecule has 11 nitrogen and oxygen atoms in total. The summed E-state index contributed by atoms with van der Waals surface area (Å²) in [5.74, 6) is -0.727. The van der Waals surface area contributed by atoms with E-state index in [1.54, 1.807) is 17.0 Å². The van der Waals surface area contributed by atoms with Gasteiger partial charge in [-0.3, -0.25) is 15.1 Å². The number of pyridine rings is 1. The summed E-state index contributed by atoms with van der Waals surface area (Å²) in [5, 5.41) is 24.9. The molecule has 1 aliphatic heterocycles. The molecule has 40 heavy (non-hydrogen) atoms. The Morgan fingerprint density at radius 2 is 1.82 bits per heavy atom. The molecule has 0 unspecified atom stereocenters. The molecule has 0 bridgehead atoms. The number of urea groups is 1. The van der Waals surface area contributed by atoms with Gasteiger partial charge in [0.2, 0.25) is 0 Å². The van der Waals surface area contributed by atoms with Crippen molar-refractivity contribution in [1.29, 1.82) is 5.41 Å². The number of carbonyl (C=O) groups is 2. The van der Waals surface area contributed by atoms with Crippen molar-refractivity contribution in [3.05, 3.63) is 71.0 Å². The first kappa shape index (κ1) is 29.0. The SMILES string of the molecule is N=C(c1ccc(Cl)cc1)N(C[C@@H](O)C(F)(F)F)C(=O)NCc1ncn(-c2cccnc2C(=O)N2CCCCC2)n1. The molecule has 4 rings (SSSR count). The number of carbonyl (C=O) groups excluding carboxylic acids is 2. The predicted molar refractivity (Wildman–Crippen MR) is 138 cm³/mol. The van der Waals surface area contributed by atoms with Crippen LogP contribution in [0.2, 0.25) is 5.02 Å². The zero-order chi connectivity index (χ0) is 28.9. The van der Waals surface area contributed by atoms with Crippen molar-refractivity contribution in [3.8, 4) is 5.69 Å². The van der Waals surface area contributed by atoms with Gasteiger partial charge in [0.1, 0.15) is 12.2 Å². The van der Waals surface area contributed by atoms with Crippen LogP contribution in [0.25, 0.3) is 5.69 Å². The van der Waals surface area contributed by atoms with Crippen LogP contribution in [0, 0.1) is 5.41 Å². The Morgan fingerprint density at radius 3 is 2.50 bits per heavy atom. The van der Waals surface area contributed by atoms with Crippen LogP contribution in [-0.4, -0.2) is 84.3 Å². The third-order valence-electron chi connectivity index (χ3n) is 6.18. The highest BCUT2D eigenvalue weighted by Crippen LogP contribution is 2.22. The molecule has 3 heterocycles. The molecule has 212 valence electrons. The zero-order valence-electron chi connectivity index (χ0n) is 21.1. The Kier molecular flexibility index (Phi) is 9.00. The van der Waals surface area contributed by atoms with Crippen LogP contribution in [0.4, 0.5) is 18.0 Å². The van der Waals surface area contributed by atoms with Gasteiger partial charge in [0.05, 0.1) is 18.8 Å². The molecule has 1 aliphatic rings. The Hall–Kier alpha value is -4.04. The quantitative estimate of drug-likeness (QED) is 0.290. The van der Waals surface area contributed by atoms with Crippen molar-refractivity contribution in [2.45, 2.75) is 38.1 Å². The standard InChI is InChI=1S/C25H26ClF3N8O3/c26-17-8-6-16(7-9-17)22(30)36(14-19(38)25(27,28)29)24(40)32-13-20-33-15-37(34-20)18-5-4-10-31-21(18)23(39)35-11-2-1-3-12-35/h4-10,15,19,30,38H,1-3,11-14H2,(H,32,40)/t19-/m1/s1. The number of aliphatic hydroxyl groups is 1. The summed E-state index contributed by atoms with van der Waals surface area (Å²) in [6, 6.07) is 7.77. The Bertz CT molecular complexity index is 1360. The van der Waals surface area contributed by atoms with E-state index >= 15 is 0 Å². The lowest BCUT2D eigenvalue weighted by atomic mass is 10.1. The van der Waals surface area contributed by atoms with Gasteiger partial charge in [-0.2, -0.15) is 13.2 Å². The first-order valence-corrected chi connectivity index (χ1v) is 12.7. The highest BCUT2D eigenvalue weighted by atomic mass is 35.5. The summed E-state index contributed by atoms with van der Waals surface area (Å²) in [4.78, 5) is 36.5. The fourth-order valence-electron chi connectivity index (χ4n) is 4.05. The maximum atomic E-state index is 13.1. The van der Waals surface area contributed by atoms with Crippen LogP contribution in [0.5, 0.6) is 0 Å². The van der Waals surface area contributed by atoms with Crippen molar-refractivity contribution >= 4 is 29.4 Å². The average molecular weight is 579 g/mol. The zero-order valence-corrected chi connectivity index (χ0v) is 21.9. The average Bonchev–Trinajstić information content (AvgIpc) is 3.43. The second-order valence-corrected chi connectivity index (χ2v) is 9.45. The molecule has 3 amide bonds. The summed E-state index contributed by atoms with van der Waals surface area (Å²) in [5.41, 5.74) is 0.676. The van der Waals surface area contributed by atoms with Crippen molar-refractivity contribution < 1.29 is 27.9 Å². The maximum Gasteiger partial charge on any atom is 0.416 e. The lowest BCUT2D eigenvalue weighted by Gasteiger charge is -2.27. The highest BCUT2D eigenvalue weighted by Gasteiger charge is 2.41. The van der Waals surface area contributed by atoms with Crippen molar-refractivity contribution in [1.82, 2.24) is 34.9 Å². The minimum absolute atomic E-state index is 0.0860. The topological polar surface area (TPSA) is 140 Å². The van der Waals surface area contributed by atoms with Gasteiger partial charge < -0.3 is 15.3 Å². The fraction of sp³-hybridized carbons (Fsp3) is 0.360. The molecule has 0 spiro atoms. The molecular formula is C25H26ClF3N8O3. The number of benzene rings is 1. The number of alkyl halides is 3. The monoisotopic (exact) mass is 578 g/mol. The second kappa shape index (κ2) is 12.4. The summed E-state index contributed by atoms with van der Waals surface area (Å²) in [7, 11) is 0. The van der Waals surface area contributed by atoms with Crippen LogP contribution in [0.3, 0.4) is 0 Å². The minimum Gasteiger partial charge on any atom is -0.382 e. The van der Waals surface area contributed by atoms with Gasteiger partial charge >= 0.3 is 12.2 Å². The van der Waals surface area contributed by atoms with E-state index in [2.05, 4.69) is 20.4 Å². The van der Waals surface area contributed by atoms with Gasteiger partial charge in [-0.15, -0.1) is 5.10 Å². The molecule has 15 heteroatoms. The van der Waals surface area contributed by atoms with Crippen molar-refractivity contribution in [3.63, 3.8) is 0 Å². The number of hydrogen-bond donors (Lipinski definition) is 3. The number of nitrogens with one attached hydrogen (secondary N) is 2. The molecule has 0 radical (unpaired) electrons. The van der Waals surface area contributed by atoms with Gasteiger partial charge in [0.25, 0.3) is 5.91 Å². The van der Waals surface area contributed by atoms with E-state index in [1.165, 1.54) is 41.5 Å². The van der Waals surface area contributed by atoms with Crippen molar-refractivity contribution in [2.75, 3.05) is 19.6 Å².